The number of ketones is 1. The van der Waals surface area contributed by atoms with Gasteiger partial charge < -0.3 is 4.74 Å². The van der Waals surface area contributed by atoms with E-state index in [4.69, 9.17) is 4.74 Å². The Bertz CT molecular complexity index is 979. The van der Waals surface area contributed by atoms with Crippen molar-refractivity contribution in [3.05, 3.63) is 52.1 Å². The molecular formula is C21H18N2O7. The van der Waals surface area contributed by atoms with Crippen LogP contribution < -0.4 is 0 Å². The molecule has 2 saturated carbocycles. The summed E-state index contributed by atoms with van der Waals surface area (Å²) >= 11 is 0. The summed E-state index contributed by atoms with van der Waals surface area (Å²) in [4.78, 5) is 61.0. The molecule has 0 N–H and O–H groups in total. The number of carbonyl (C=O) groups excluding carboxylic acids is 4. The van der Waals surface area contributed by atoms with Crippen molar-refractivity contribution in [2.75, 3.05) is 13.2 Å². The van der Waals surface area contributed by atoms with E-state index in [0.717, 1.165) is 11.3 Å². The number of nitro groups is 1. The SMILES string of the molecule is O=C(CN1C(=O)[C@@H]2[C@H]3C=C[C@@H]([C@@H]4C[C@@H]34)[C@@H]2C1=O)OCC(=O)c1ccc([N+](=O)[O-])cc1. The van der Waals surface area contributed by atoms with E-state index < -0.39 is 29.8 Å². The number of rotatable bonds is 6. The highest BCUT2D eigenvalue weighted by Crippen LogP contribution is 2.65. The zero-order valence-electron chi connectivity index (χ0n) is 15.8. The molecule has 1 aromatic carbocycles. The summed E-state index contributed by atoms with van der Waals surface area (Å²) < 4.78 is 4.96. The smallest absolute Gasteiger partial charge is 0.326 e. The normalized spacial score (nSPS) is 32.6. The van der Waals surface area contributed by atoms with E-state index >= 15 is 0 Å². The Hall–Kier alpha value is -3.36. The predicted molar refractivity (Wildman–Crippen MR) is 99.8 cm³/mol. The lowest BCUT2D eigenvalue weighted by Crippen LogP contribution is -2.40. The zero-order chi connectivity index (χ0) is 21.2. The number of non-ortho nitro benzene ring substituents is 1. The quantitative estimate of drug-likeness (QED) is 0.173. The number of amides is 2. The topological polar surface area (TPSA) is 124 Å². The van der Waals surface area contributed by atoms with Gasteiger partial charge in [-0.25, -0.2) is 0 Å². The van der Waals surface area contributed by atoms with Crippen molar-refractivity contribution in [1.29, 1.82) is 0 Å². The Kier molecular flexibility index (Phi) is 4.09. The molecule has 6 atom stereocenters. The fourth-order valence-electron chi connectivity index (χ4n) is 5.35. The Labute approximate surface area is 170 Å². The first kappa shape index (κ1) is 18.7. The summed E-state index contributed by atoms with van der Waals surface area (Å²) in [5, 5.41) is 10.7. The molecule has 1 saturated heterocycles. The predicted octanol–water partition coefficient (Wildman–Crippen LogP) is 1.37. The van der Waals surface area contributed by atoms with Crippen molar-refractivity contribution in [1.82, 2.24) is 4.90 Å². The first-order chi connectivity index (χ1) is 14.4. The van der Waals surface area contributed by atoms with E-state index in [2.05, 4.69) is 12.2 Å². The summed E-state index contributed by atoms with van der Waals surface area (Å²) in [5.74, 6) is -1.69. The molecule has 0 aromatic heterocycles. The summed E-state index contributed by atoms with van der Waals surface area (Å²) in [6, 6.07) is 4.93. The molecule has 30 heavy (non-hydrogen) atoms. The highest BCUT2D eigenvalue weighted by atomic mass is 16.6. The van der Waals surface area contributed by atoms with Crippen LogP contribution >= 0.6 is 0 Å². The lowest BCUT2D eigenvalue weighted by molar-refractivity contribution is -0.384. The first-order valence-corrected chi connectivity index (χ1v) is 9.83. The van der Waals surface area contributed by atoms with Gasteiger partial charge in [-0.1, -0.05) is 12.2 Å². The fraction of sp³-hybridized carbons (Fsp3) is 0.429. The third-order valence-corrected chi connectivity index (χ3v) is 6.81. The number of hydrogen-bond acceptors (Lipinski definition) is 7. The summed E-state index contributed by atoms with van der Waals surface area (Å²) in [5.41, 5.74) is 0.00628. The number of nitrogens with zero attached hydrogens (tertiary/aromatic N) is 2. The second-order valence-electron chi connectivity index (χ2n) is 8.31. The number of allylic oxidation sites excluding steroid dienone is 2. The van der Waals surface area contributed by atoms with Gasteiger partial charge in [0.1, 0.15) is 6.54 Å². The lowest BCUT2D eigenvalue weighted by atomic mass is 9.63. The number of imide groups is 1. The van der Waals surface area contributed by atoms with Crippen molar-refractivity contribution in [3.8, 4) is 0 Å². The van der Waals surface area contributed by atoms with Gasteiger partial charge in [-0.2, -0.15) is 0 Å². The molecule has 3 fully saturated rings. The van der Waals surface area contributed by atoms with E-state index in [1.54, 1.807) is 0 Å². The Morgan fingerprint density at radius 2 is 1.60 bits per heavy atom. The van der Waals surface area contributed by atoms with Gasteiger partial charge in [0.25, 0.3) is 5.69 Å². The van der Waals surface area contributed by atoms with Crippen LogP contribution in [0.2, 0.25) is 0 Å². The van der Waals surface area contributed by atoms with Gasteiger partial charge in [0, 0.05) is 17.7 Å². The molecule has 0 spiro atoms. The number of carbonyl (C=O) groups is 4. The van der Waals surface area contributed by atoms with E-state index in [9.17, 15) is 29.3 Å². The molecule has 0 radical (unpaired) electrons. The van der Waals surface area contributed by atoms with Gasteiger partial charge in [0.2, 0.25) is 11.8 Å². The molecule has 6 rings (SSSR count). The van der Waals surface area contributed by atoms with Crippen LogP contribution in [-0.4, -0.2) is 46.5 Å². The molecule has 2 bridgehead atoms. The van der Waals surface area contributed by atoms with Gasteiger partial charge in [-0.15, -0.1) is 0 Å². The van der Waals surface area contributed by atoms with Gasteiger partial charge in [-0.05, 0) is 42.2 Å². The highest BCUT2D eigenvalue weighted by Gasteiger charge is 2.67. The molecule has 4 aliphatic carbocycles. The monoisotopic (exact) mass is 410 g/mol. The van der Waals surface area contributed by atoms with E-state index in [1.165, 1.54) is 24.3 Å². The van der Waals surface area contributed by atoms with Crippen LogP contribution in [0.3, 0.4) is 0 Å². The summed E-state index contributed by atoms with van der Waals surface area (Å²) in [7, 11) is 0. The van der Waals surface area contributed by atoms with Crippen molar-refractivity contribution < 1.29 is 28.8 Å². The van der Waals surface area contributed by atoms with E-state index in [1.807, 2.05) is 0 Å². The number of esters is 1. The van der Waals surface area contributed by atoms with Gasteiger partial charge >= 0.3 is 5.97 Å². The number of likely N-dealkylation sites (tertiary alicyclic amines) is 1. The van der Waals surface area contributed by atoms with Crippen LogP contribution in [0.25, 0.3) is 0 Å². The second-order valence-corrected chi connectivity index (χ2v) is 8.31. The third-order valence-electron chi connectivity index (χ3n) is 6.81. The molecule has 2 amide bonds. The maximum atomic E-state index is 12.8. The average molecular weight is 410 g/mol. The highest BCUT2D eigenvalue weighted by molar-refractivity contribution is 6.08. The van der Waals surface area contributed by atoms with Crippen LogP contribution in [-0.2, 0) is 19.1 Å². The van der Waals surface area contributed by atoms with Gasteiger partial charge in [-0.3, -0.25) is 34.2 Å². The fourth-order valence-corrected chi connectivity index (χ4v) is 5.35. The maximum Gasteiger partial charge on any atom is 0.326 e. The summed E-state index contributed by atoms with van der Waals surface area (Å²) in [6.07, 6.45) is 5.16. The van der Waals surface area contributed by atoms with Crippen LogP contribution in [0, 0.1) is 45.6 Å². The number of nitro benzene ring substituents is 1. The van der Waals surface area contributed by atoms with Crippen molar-refractivity contribution in [3.63, 3.8) is 0 Å². The lowest BCUT2D eigenvalue weighted by Gasteiger charge is -2.37. The molecule has 9 nitrogen and oxygen atoms in total. The molecule has 5 aliphatic rings. The molecule has 1 aromatic rings. The number of ether oxygens (including phenoxy) is 1. The molecule has 1 heterocycles. The molecule has 1 aliphatic heterocycles. The van der Waals surface area contributed by atoms with Crippen LogP contribution in [0.15, 0.2) is 36.4 Å². The van der Waals surface area contributed by atoms with Crippen molar-refractivity contribution >= 4 is 29.3 Å². The molecule has 9 heteroatoms. The molecular weight excluding hydrogens is 392 g/mol. The van der Waals surface area contributed by atoms with Crippen LogP contribution in [0.4, 0.5) is 5.69 Å². The van der Waals surface area contributed by atoms with E-state index in [-0.39, 0.29) is 46.7 Å². The Morgan fingerprint density at radius 1 is 1.03 bits per heavy atom. The van der Waals surface area contributed by atoms with Gasteiger partial charge in [0.15, 0.2) is 12.4 Å². The van der Waals surface area contributed by atoms with Crippen LogP contribution in [0.5, 0.6) is 0 Å². The van der Waals surface area contributed by atoms with Crippen LogP contribution in [0.1, 0.15) is 16.8 Å². The minimum atomic E-state index is -0.837. The zero-order valence-corrected chi connectivity index (χ0v) is 15.8. The Balaban J connectivity index is 1.19. The third kappa shape index (κ3) is 2.76. The minimum absolute atomic E-state index is 0.0752. The largest absolute Gasteiger partial charge is 0.456 e. The molecule has 0 unspecified atom stereocenters. The van der Waals surface area contributed by atoms with Crippen molar-refractivity contribution in [2.24, 2.45) is 35.5 Å². The number of benzene rings is 1. The Morgan fingerprint density at radius 3 is 2.13 bits per heavy atom. The number of Topliss-reactive ketones (excluding diaryl/α,β-unsaturated/α-hetero) is 1. The first-order valence-electron chi connectivity index (χ1n) is 9.83. The second kappa shape index (κ2) is 6.58. The number of hydrogen-bond donors (Lipinski definition) is 0. The molecule has 154 valence electrons. The standard InChI is InChI=1S/C21H18N2O7/c24-16(10-1-3-11(4-2-10)23(28)29)9-30-17(25)8-22-20(26)18-12-5-6-13(15-7-14(12)15)19(18)21(22)27/h1-6,12-15,18-19H,7-9H2/t12-,13-,14-,15-,18-,19+/m0/s1. The maximum absolute atomic E-state index is 12.8. The average Bonchev–Trinajstić information content (AvgIpc) is 3.53. The minimum Gasteiger partial charge on any atom is -0.456 e. The van der Waals surface area contributed by atoms with Gasteiger partial charge in [0.05, 0.1) is 16.8 Å². The van der Waals surface area contributed by atoms with E-state index in [0.29, 0.717) is 11.8 Å². The van der Waals surface area contributed by atoms with Crippen molar-refractivity contribution in [2.45, 2.75) is 6.42 Å². The summed E-state index contributed by atoms with van der Waals surface area (Å²) in [6.45, 7) is -1.08.